The molecule has 4 aromatic carbocycles. The van der Waals surface area contributed by atoms with Crippen LogP contribution in [0.4, 0.5) is 44.7 Å². The molecule has 4 N–H and O–H groups in total. The molecule has 5 aromatic rings. The number of hydrogen-bond acceptors (Lipinski definition) is 25. The summed E-state index contributed by atoms with van der Waals surface area (Å²) in [6.07, 6.45) is -1.33. The van der Waals surface area contributed by atoms with Crippen molar-refractivity contribution >= 4 is 104 Å². The van der Waals surface area contributed by atoms with Crippen molar-refractivity contribution in [3.8, 4) is 5.75 Å². The molecule has 24 nitrogen and oxygen atoms in total. The topological polar surface area (TPSA) is 376 Å². The summed E-state index contributed by atoms with van der Waals surface area (Å²) in [5, 5.41) is 39.8. The van der Waals surface area contributed by atoms with Gasteiger partial charge in [0.15, 0.2) is 9.84 Å². The van der Waals surface area contributed by atoms with E-state index in [1.54, 1.807) is 0 Å². The number of benzene rings is 4. The minimum Gasteiger partial charge on any atom is -0.744 e. The minimum atomic E-state index is -5.26. The fourth-order valence-electron chi connectivity index (χ4n) is 4.76. The van der Waals surface area contributed by atoms with Gasteiger partial charge in [0, 0.05) is 11.4 Å². The number of phenols is 1. The molecule has 0 bridgehead atoms. The van der Waals surface area contributed by atoms with Gasteiger partial charge in [0.1, 0.15) is 37.4 Å². The van der Waals surface area contributed by atoms with Crippen LogP contribution in [0.2, 0.25) is 0 Å². The van der Waals surface area contributed by atoms with Gasteiger partial charge < -0.3 is 40.0 Å². The standard InChI is InChI=1S/C28H25FN8O16S5.4Na/c29-26-33-27(31-16-2-5-18(6-3-16)55(40,41)10-9-51-58(48,49)50)35-28(34-26)32-17-4-8-23(57(45,46)47)21(12-17)36-37-25-20(30-14-54-53-52-39)7-1-15-11-19(56(42,43)44)13-22(38)24(15)25;;;;/h1-8,11-13,30,38-39H,9-10,14H2,(H,42,43,44)(H,45,46,47)(H,48,49,50)(H2,31,32,33,34,35);;;;/q;4*+1/p-4. The number of sulfone groups is 1. The maximum Gasteiger partial charge on any atom is 1.00 e. The molecule has 1 aromatic heterocycles. The van der Waals surface area contributed by atoms with Gasteiger partial charge >= 0.3 is 124 Å². The van der Waals surface area contributed by atoms with Crippen LogP contribution in [-0.4, -0.2) is 85.6 Å². The van der Waals surface area contributed by atoms with Crippen LogP contribution in [-0.2, 0) is 54.0 Å². The van der Waals surface area contributed by atoms with E-state index in [4.69, 9.17) is 0 Å². The summed E-state index contributed by atoms with van der Waals surface area (Å²) in [7, 11) is -19.5. The zero-order valence-electron chi connectivity index (χ0n) is 32.2. The molecule has 1 heterocycles. The Morgan fingerprint density at radius 1 is 0.742 bits per heavy atom. The minimum absolute atomic E-state index is 0. The van der Waals surface area contributed by atoms with Gasteiger partial charge in [-0.25, -0.2) is 33.7 Å². The first-order chi connectivity index (χ1) is 27.1. The van der Waals surface area contributed by atoms with Crippen molar-refractivity contribution in [2.75, 3.05) is 34.2 Å². The van der Waals surface area contributed by atoms with Crippen LogP contribution in [0.25, 0.3) is 10.8 Å². The van der Waals surface area contributed by atoms with Crippen molar-refractivity contribution in [3.05, 3.63) is 72.8 Å². The summed E-state index contributed by atoms with van der Waals surface area (Å²) in [5.41, 5.74) is -0.858. The van der Waals surface area contributed by atoms with Gasteiger partial charge in [-0.05, 0) is 66.0 Å². The van der Waals surface area contributed by atoms with E-state index in [2.05, 4.69) is 54.7 Å². The van der Waals surface area contributed by atoms with Crippen LogP contribution in [0.1, 0.15) is 0 Å². The van der Waals surface area contributed by atoms with E-state index < -0.39 is 92.0 Å². The maximum atomic E-state index is 14.5. The van der Waals surface area contributed by atoms with Crippen molar-refractivity contribution in [3.63, 3.8) is 0 Å². The molecule has 5 rings (SSSR count). The Bertz CT molecular complexity index is 2860. The van der Waals surface area contributed by atoms with E-state index in [1.165, 1.54) is 24.3 Å². The second-order valence-corrected chi connectivity index (χ2v) is 17.5. The number of nitrogens with zero attached hydrogens (tertiary/aromatic N) is 5. The smallest absolute Gasteiger partial charge is 0.744 e. The van der Waals surface area contributed by atoms with Crippen molar-refractivity contribution in [2.45, 2.75) is 14.7 Å². The number of fused-ring (bicyclic) bond motifs is 1. The molecule has 0 spiro atoms. The van der Waals surface area contributed by atoms with Gasteiger partial charge in [-0.2, -0.15) is 23.7 Å². The normalized spacial score (nSPS) is 11.8. The van der Waals surface area contributed by atoms with E-state index in [0.29, 0.717) is 18.1 Å². The van der Waals surface area contributed by atoms with E-state index in [1.807, 2.05) is 0 Å². The third-order valence-corrected chi connectivity index (χ3v) is 11.4. The molecule has 0 fully saturated rings. The monoisotopic (exact) mass is 996 g/mol. The van der Waals surface area contributed by atoms with E-state index in [-0.39, 0.29) is 163 Å². The average molecular weight is 997 g/mol. The summed E-state index contributed by atoms with van der Waals surface area (Å²) < 4.78 is 151. The molecular weight excluding hydrogens is 976 g/mol. The van der Waals surface area contributed by atoms with Gasteiger partial charge in [-0.1, -0.05) is 6.07 Å². The zero-order valence-corrected chi connectivity index (χ0v) is 44.3. The third-order valence-electron chi connectivity index (χ3n) is 7.13. The number of rotatable bonds is 18. The molecule has 0 amide bonds. The molecule has 0 atom stereocenters. The molecule has 0 aliphatic carbocycles. The third kappa shape index (κ3) is 16.9. The zero-order chi connectivity index (χ0) is 42.5. The van der Waals surface area contributed by atoms with Crippen LogP contribution in [0.3, 0.4) is 0 Å². The van der Waals surface area contributed by atoms with Crippen LogP contribution in [0.15, 0.2) is 91.6 Å². The van der Waals surface area contributed by atoms with Gasteiger partial charge in [0.2, 0.25) is 22.3 Å². The number of azo groups is 1. The Kier molecular flexibility index (Phi) is 23.7. The summed E-state index contributed by atoms with van der Waals surface area (Å²) >= 11 is 0.475. The maximum absolute atomic E-state index is 14.5. The van der Waals surface area contributed by atoms with Crippen LogP contribution >= 0.6 is 12.0 Å². The fraction of sp³-hybridized carbons (Fsp3) is 0.107. The molecular formula is C28H21FN8Na4O16S5. The SMILES string of the molecule is O=S(=O)([O-])OCCS(=O)(=O)c1ccc(Nc2nc(F)nc(Nc3ccc(S(=O)(=O)[O-])c(N=Nc4c(NCSOO[O-])ccc5cc(S(=O)(=O)[O-])cc(O)c45)c3)n2)cc1.[Na+].[Na+].[Na+].[Na+]. The Morgan fingerprint density at radius 2 is 1.35 bits per heavy atom. The molecule has 0 unspecified atom stereocenters. The molecule has 34 heteroatoms. The molecule has 0 aliphatic rings. The first kappa shape index (κ1) is 58.8. The summed E-state index contributed by atoms with van der Waals surface area (Å²) in [6.45, 7) is -0.918. The van der Waals surface area contributed by atoms with Crippen molar-refractivity contribution in [1.82, 2.24) is 15.0 Å². The second kappa shape index (κ2) is 25.0. The van der Waals surface area contributed by atoms with Gasteiger partial charge in [-0.15, -0.1) is 10.2 Å². The van der Waals surface area contributed by atoms with Crippen LogP contribution < -0.4 is 139 Å². The van der Waals surface area contributed by atoms with Gasteiger partial charge in [0.05, 0.1) is 56.0 Å². The molecule has 0 saturated heterocycles. The van der Waals surface area contributed by atoms with Crippen LogP contribution in [0, 0.1) is 6.08 Å². The number of anilines is 5. The van der Waals surface area contributed by atoms with Crippen molar-refractivity contribution in [1.29, 1.82) is 0 Å². The Labute approximate surface area is 444 Å². The molecule has 310 valence electrons. The Balaban J connectivity index is 0.00000480. The predicted octanol–water partition coefficient (Wildman–Crippen LogP) is -9.91. The van der Waals surface area contributed by atoms with Gasteiger partial charge in [0.25, 0.3) is 0 Å². The average Bonchev–Trinajstić information content (AvgIpc) is 3.11. The van der Waals surface area contributed by atoms with E-state index in [9.17, 15) is 62.1 Å². The number of hydrogen-bond donors (Lipinski definition) is 4. The second-order valence-electron chi connectivity index (χ2n) is 10.9. The fourth-order valence-corrected chi connectivity index (χ4v) is 7.66. The first-order valence-electron chi connectivity index (χ1n) is 15.1. The van der Waals surface area contributed by atoms with Crippen molar-refractivity contribution in [2.24, 2.45) is 10.2 Å². The summed E-state index contributed by atoms with van der Waals surface area (Å²) in [5.74, 6) is -2.72. The first-order valence-corrected chi connectivity index (χ1v) is 21.8. The largest absolute Gasteiger partial charge is 1.00 e. The summed E-state index contributed by atoms with van der Waals surface area (Å²) in [6, 6.07) is 11.6. The number of phenolic OH excluding ortho intramolecular Hbond substituents is 1. The van der Waals surface area contributed by atoms with E-state index in [0.717, 1.165) is 36.4 Å². The number of nitrogens with one attached hydrogen (secondary N) is 3. The predicted molar refractivity (Wildman–Crippen MR) is 191 cm³/mol. The van der Waals surface area contributed by atoms with Crippen molar-refractivity contribution < 1.29 is 194 Å². The molecule has 0 aliphatic heterocycles. The quantitative estimate of drug-likeness (QED) is 0.00729. The number of aromatic hydroxyl groups is 1. The number of halogens is 1. The Hall–Kier alpha value is -1.25. The molecule has 0 saturated carbocycles. The van der Waals surface area contributed by atoms with Gasteiger partial charge in [-0.3, -0.25) is 9.22 Å². The molecule has 0 radical (unpaired) electrons. The Morgan fingerprint density at radius 3 is 1.94 bits per heavy atom. The summed E-state index contributed by atoms with van der Waals surface area (Å²) in [4.78, 5) is 9.02. The van der Waals surface area contributed by atoms with E-state index >= 15 is 0 Å². The number of aromatic nitrogens is 3. The van der Waals surface area contributed by atoms with Crippen LogP contribution in [0.5, 0.6) is 5.75 Å². The molecule has 62 heavy (non-hydrogen) atoms.